The minimum atomic E-state index is -0.391. The molecule has 14 heavy (non-hydrogen) atoms. The van der Waals surface area contributed by atoms with E-state index < -0.39 is 5.54 Å². The molecule has 4 N–H and O–H groups in total. The molecule has 0 aromatic rings. The number of nitrogens with two attached hydrogens (primary N) is 1. The summed E-state index contributed by atoms with van der Waals surface area (Å²) in [7, 11) is 0. The summed E-state index contributed by atoms with van der Waals surface area (Å²) >= 11 is 0. The van der Waals surface area contributed by atoms with E-state index in [4.69, 9.17) is 15.6 Å². The Bertz CT molecular complexity index is 171. The van der Waals surface area contributed by atoms with Crippen LogP contribution in [0, 0.1) is 0 Å². The zero-order valence-corrected chi connectivity index (χ0v) is 8.88. The van der Waals surface area contributed by atoms with E-state index in [0.29, 0.717) is 19.6 Å². The third-order valence-corrected chi connectivity index (χ3v) is 1.71. The molecule has 5 nitrogen and oxygen atoms in total. The minimum absolute atomic E-state index is 0.0199. The first-order valence-electron chi connectivity index (χ1n) is 4.71. The molecule has 0 aromatic carbocycles. The molecular weight excluding hydrogens is 184 g/mol. The number of carbonyl (C=O) groups excluding carboxylic acids is 1. The van der Waals surface area contributed by atoms with Crippen LogP contribution in [0.25, 0.3) is 0 Å². The van der Waals surface area contributed by atoms with Gasteiger partial charge < -0.3 is 20.9 Å². The lowest BCUT2D eigenvalue weighted by molar-refractivity contribution is -0.127. The van der Waals surface area contributed by atoms with Gasteiger partial charge in [-0.2, -0.15) is 0 Å². The lowest BCUT2D eigenvalue weighted by Crippen LogP contribution is -2.45. The molecule has 0 fully saturated rings. The molecule has 5 heteroatoms. The Balaban J connectivity index is 3.69. The Morgan fingerprint density at radius 1 is 1.57 bits per heavy atom. The van der Waals surface area contributed by atoms with E-state index >= 15 is 0 Å². The van der Waals surface area contributed by atoms with Crippen LogP contribution in [-0.2, 0) is 9.53 Å². The van der Waals surface area contributed by atoms with Gasteiger partial charge in [-0.05, 0) is 20.3 Å². The van der Waals surface area contributed by atoms with Crippen molar-refractivity contribution in [3.05, 3.63) is 0 Å². The second-order valence-electron chi connectivity index (χ2n) is 3.75. The number of aliphatic hydroxyl groups excluding tert-OH is 1. The van der Waals surface area contributed by atoms with Gasteiger partial charge in [-0.15, -0.1) is 0 Å². The first kappa shape index (κ1) is 13.4. The molecule has 0 aromatic heterocycles. The second kappa shape index (κ2) is 6.75. The van der Waals surface area contributed by atoms with Gasteiger partial charge in [-0.1, -0.05) is 0 Å². The maximum absolute atomic E-state index is 11.2. The Kier molecular flexibility index (Phi) is 6.44. The molecule has 0 aliphatic heterocycles. The lowest BCUT2D eigenvalue weighted by Gasteiger charge is -2.25. The number of rotatable bonds is 7. The van der Waals surface area contributed by atoms with Crippen molar-refractivity contribution in [2.45, 2.75) is 25.8 Å². The number of hydrogen-bond acceptors (Lipinski definition) is 4. The highest BCUT2D eigenvalue weighted by molar-refractivity contribution is 5.77. The predicted octanol–water partition coefficient (Wildman–Crippen LogP) is -0.761. The standard InChI is InChI=1S/C9H20N2O3/c1-9(2,3-5-12)11-8(13)7-14-6-4-10/h12H,3-7,10H2,1-2H3,(H,11,13). The number of ether oxygens (including phenoxy) is 1. The SMILES string of the molecule is CC(C)(CCO)NC(=O)COCCN. The topological polar surface area (TPSA) is 84.6 Å². The lowest BCUT2D eigenvalue weighted by atomic mass is 10.0. The molecule has 0 atom stereocenters. The van der Waals surface area contributed by atoms with Crippen LogP contribution in [0.4, 0.5) is 0 Å². The highest BCUT2D eigenvalue weighted by Crippen LogP contribution is 2.06. The Morgan fingerprint density at radius 3 is 2.71 bits per heavy atom. The van der Waals surface area contributed by atoms with Crippen molar-refractivity contribution in [3.8, 4) is 0 Å². The second-order valence-corrected chi connectivity index (χ2v) is 3.75. The molecule has 0 saturated carbocycles. The largest absolute Gasteiger partial charge is 0.396 e. The van der Waals surface area contributed by atoms with Crippen LogP contribution in [0.3, 0.4) is 0 Å². The first-order valence-corrected chi connectivity index (χ1v) is 4.71. The molecule has 0 bridgehead atoms. The molecule has 1 amide bonds. The van der Waals surface area contributed by atoms with Crippen molar-refractivity contribution < 1.29 is 14.6 Å². The van der Waals surface area contributed by atoms with Gasteiger partial charge in [0.05, 0.1) is 6.61 Å². The van der Waals surface area contributed by atoms with E-state index in [9.17, 15) is 4.79 Å². The van der Waals surface area contributed by atoms with Gasteiger partial charge in [0, 0.05) is 18.7 Å². The fourth-order valence-corrected chi connectivity index (χ4v) is 1.00. The average molecular weight is 204 g/mol. The van der Waals surface area contributed by atoms with Crippen molar-refractivity contribution in [2.75, 3.05) is 26.4 Å². The summed E-state index contributed by atoms with van der Waals surface area (Å²) < 4.78 is 4.97. The van der Waals surface area contributed by atoms with Gasteiger partial charge in [0.1, 0.15) is 6.61 Å². The molecule has 0 saturated heterocycles. The molecule has 0 aliphatic carbocycles. The Morgan fingerprint density at radius 2 is 2.21 bits per heavy atom. The minimum Gasteiger partial charge on any atom is -0.396 e. The molecule has 0 rings (SSSR count). The molecule has 0 radical (unpaired) electrons. The van der Waals surface area contributed by atoms with Crippen LogP contribution in [0.1, 0.15) is 20.3 Å². The first-order chi connectivity index (χ1) is 6.52. The molecule has 0 spiro atoms. The van der Waals surface area contributed by atoms with Crippen LogP contribution in [0.5, 0.6) is 0 Å². The maximum atomic E-state index is 11.2. The monoisotopic (exact) mass is 204 g/mol. The summed E-state index contributed by atoms with van der Waals surface area (Å²) in [6.07, 6.45) is 0.523. The Hall–Kier alpha value is -0.650. The summed E-state index contributed by atoms with van der Waals surface area (Å²) in [6.45, 7) is 4.57. The van der Waals surface area contributed by atoms with Gasteiger partial charge in [-0.3, -0.25) is 4.79 Å². The van der Waals surface area contributed by atoms with Gasteiger partial charge >= 0.3 is 0 Å². The molecule has 0 aliphatic rings. The van der Waals surface area contributed by atoms with E-state index in [1.54, 1.807) is 0 Å². The third-order valence-electron chi connectivity index (χ3n) is 1.71. The Labute approximate surface area is 84.6 Å². The van der Waals surface area contributed by atoms with Crippen LogP contribution in [0.15, 0.2) is 0 Å². The quantitative estimate of drug-likeness (QED) is 0.476. The van der Waals surface area contributed by atoms with Gasteiger partial charge in [0.15, 0.2) is 0 Å². The summed E-state index contributed by atoms with van der Waals surface area (Å²) in [5.74, 6) is -0.183. The molecule has 0 unspecified atom stereocenters. The fraction of sp³-hybridized carbons (Fsp3) is 0.889. The number of aliphatic hydroxyl groups is 1. The number of amides is 1. The smallest absolute Gasteiger partial charge is 0.246 e. The van der Waals surface area contributed by atoms with Crippen molar-refractivity contribution in [3.63, 3.8) is 0 Å². The third kappa shape index (κ3) is 6.82. The zero-order chi connectivity index (χ0) is 11.0. The molecule has 0 heterocycles. The van der Waals surface area contributed by atoms with E-state index in [1.165, 1.54) is 0 Å². The van der Waals surface area contributed by atoms with Crippen LogP contribution in [-0.4, -0.2) is 42.9 Å². The summed E-state index contributed by atoms with van der Waals surface area (Å²) in [5.41, 5.74) is 4.81. The van der Waals surface area contributed by atoms with Gasteiger partial charge in [-0.25, -0.2) is 0 Å². The summed E-state index contributed by atoms with van der Waals surface area (Å²) in [6, 6.07) is 0. The summed E-state index contributed by atoms with van der Waals surface area (Å²) in [4.78, 5) is 11.2. The van der Waals surface area contributed by atoms with Crippen molar-refractivity contribution in [1.82, 2.24) is 5.32 Å². The zero-order valence-electron chi connectivity index (χ0n) is 8.88. The van der Waals surface area contributed by atoms with Crippen molar-refractivity contribution in [2.24, 2.45) is 5.73 Å². The van der Waals surface area contributed by atoms with E-state index in [0.717, 1.165) is 0 Å². The van der Waals surface area contributed by atoms with Crippen LogP contribution < -0.4 is 11.1 Å². The summed E-state index contributed by atoms with van der Waals surface area (Å²) in [5, 5.41) is 11.5. The normalized spacial score (nSPS) is 11.4. The average Bonchev–Trinajstić information content (AvgIpc) is 2.03. The van der Waals surface area contributed by atoms with Crippen LogP contribution in [0.2, 0.25) is 0 Å². The molecule has 84 valence electrons. The van der Waals surface area contributed by atoms with E-state index in [-0.39, 0.29) is 19.1 Å². The van der Waals surface area contributed by atoms with Gasteiger partial charge in [0.25, 0.3) is 0 Å². The highest BCUT2D eigenvalue weighted by atomic mass is 16.5. The van der Waals surface area contributed by atoms with Crippen molar-refractivity contribution >= 4 is 5.91 Å². The predicted molar refractivity (Wildman–Crippen MR) is 53.8 cm³/mol. The number of nitrogens with one attached hydrogen (secondary N) is 1. The van der Waals surface area contributed by atoms with Crippen molar-refractivity contribution in [1.29, 1.82) is 0 Å². The van der Waals surface area contributed by atoms with E-state index in [1.807, 2.05) is 13.8 Å². The van der Waals surface area contributed by atoms with Crippen LogP contribution >= 0.6 is 0 Å². The fourth-order valence-electron chi connectivity index (χ4n) is 1.00. The number of hydrogen-bond donors (Lipinski definition) is 3. The molecular formula is C9H20N2O3. The van der Waals surface area contributed by atoms with Gasteiger partial charge in [0.2, 0.25) is 5.91 Å². The highest BCUT2D eigenvalue weighted by Gasteiger charge is 2.19. The number of carbonyl (C=O) groups is 1. The maximum Gasteiger partial charge on any atom is 0.246 e. The van der Waals surface area contributed by atoms with E-state index in [2.05, 4.69) is 5.32 Å².